The largest absolute Gasteiger partial charge is 0.364 e. The summed E-state index contributed by atoms with van der Waals surface area (Å²) in [6.07, 6.45) is 1.76. The molecular formula is C27H26N2O6S2. The molecule has 5 rings (SSSR count). The standard InChI is InChI=1S/C27H26N2O6S2/c1-35-19-28-17-15-24(27(28)30)26(36(31,32)20-9-4-2-5-10-20)23-13-8-14-25-22(23)16-18-29(25)37(33,34)21-11-6-3-7-12-21/h2-14,16,18,24,26H,15,17,19H2,1H3. The first-order valence-corrected chi connectivity index (χ1v) is 14.7. The Balaban J connectivity index is 1.70. The zero-order chi connectivity index (χ0) is 26.2. The summed E-state index contributed by atoms with van der Waals surface area (Å²) in [4.78, 5) is 15.1. The fourth-order valence-corrected chi connectivity index (χ4v) is 8.44. The maximum atomic E-state index is 14.1. The Morgan fingerprint density at radius 1 is 0.865 bits per heavy atom. The van der Waals surface area contributed by atoms with Crippen LogP contribution >= 0.6 is 0 Å². The number of sulfone groups is 1. The minimum atomic E-state index is -4.03. The summed E-state index contributed by atoms with van der Waals surface area (Å²) in [7, 11) is -6.47. The van der Waals surface area contributed by atoms with Crippen LogP contribution in [0, 0.1) is 5.92 Å². The Kier molecular flexibility index (Phi) is 6.65. The lowest BCUT2D eigenvalue weighted by atomic mass is 9.95. The second-order valence-corrected chi connectivity index (χ2v) is 12.8. The molecule has 8 nitrogen and oxygen atoms in total. The molecule has 0 radical (unpaired) electrons. The van der Waals surface area contributed by atoms with Crippen molar-refractivity contribution in [1.82, 2.24) is 8.87 Å². The summed E-state index contributed by atoms with van der Waals surface area (Å²) in [5.74, 6) is -1.15. The van der Waals surface area contributed by atoms with E-state index in [0.29, 0.717) is 29.4 Å². The molecule has 3 aromatic carbocycles. The van der Waals surface area contributed by atoms with Crippen molar-refractivity contribution in [3.8, 4) is 0 Å². The number of benzene rings is 3. The molecule has 1 fully saturated rings. The summed E-state index contributed by atoms with van der Waals surface area (Å²) in [5.41, 5.74) is 0.731. The lowest BCUT2D eigenvalue weighted by Crippen LogP contribution is -2.33. The average molecular weight is 539 g/mol. The third-order valence-electron chi connectivity index (χ3n) is 6.73. The van der Waals surface area contributed by atoms with E-state index >= 15 is 0 Å². The number of nitrogens with zero attached hydrogens (tertiary/aromatic N) is 2. The fraction of sp³-hybridized carbons (Fsp3) is 0.222. The van der Waals surface area contributed by atoms with Gasteiger partial charge in [0.05, 0.1) is 21.2 Å². The number of rotatable bonds is 8. The van der Waals surface area contributed by atoms with Gasteiger partial charge in [-0.2, -0.15) is 0 Å². The van der Waals surface area contributed by atoms with Gasteiger partial charge < -0.3 is 9.64 Å². The topological polar surface area (TPSA) is 103 Å². The highest BCUT2D eigenvalue weighted by molar-refractivity contribution is 7.91. The Hall–Kier alpha value is -3.47. The summed E-state index contributed by atoms with van der Waals surface area (Å²) < 4.78 is 61.2. The number of amides is 1. The molecular weight excluding hydrogens is 512 g/mol. The summed E-state index contributed by atoms with van der Waals surface area (Å²) in [6.45, 7) is 0.445. The van der Waals surface area contributed by atoms with Gasteiger partial charge in [-0.1, -0.05) is 48.5 Å². The van der Waals surface area contributed by atoms with E-state index in [-0.39, 0.29) is 22.4 Å². The van der Waals surface area contributed by atoms with Gasteiger partial charge in [-0.15, -0.1) is 0 Å². The van der Waals surface area contributed by atoms with Crippen LogP contribution in [0.1, 0.15) is 17.2 Å². The van der Waals surface area contributed by atoms with Crippen molar-refractivity contribution in [2.45, 2.75) is 21.5 Å². The Morgan fingerprint density at radius 3 is 2.16 bits per heavy atom. The number of carbonyl (C=O) groups excluding carboxylic acids is 1. The molecule has 2 unspecified atom stereocenters. The van der Waals surface area contributed by atoms with Gasteiger partial charge in [-0.3, -0.25) is 4.79 Å². The molecule has 1 amide bonds. The number of methoxy groups -OCH3 is 1. The van der Waals surface area contributed by atoms with Gasteiger partial charge in [-0.25, -0.2) is 20.8 Å². The van der Waals surface area contributed by atoms with E-state index in [0.717, 1.165) is 3.97 Å². The molecule has 2 heterocycles. The number of hydrogen-bond donors (Lipinski definition) is 0. The second kappa shape index (κ2) is 9.77. The SMILES string of the molecule is COCN1CCC(C(c2cccc3c2ccn3S(=O)(=O)c2ccccc2)S(=O)(=O)c2ccccc2)C1=O. The van der Waals surface area contributed by atoms with Crippen LogP contribution in [0.4, 0.5) is 0 Å². The van der Waals surface area contributed by atoms with E-state index in [4.69, 9.17) is 4.74 Å². The van der Waals surface area contributed by atoms with Gasteiger partial charge in [0.15, 0.2) is 9.84 Å². The summed E-state index contributed by atoms with van der Waals surface area (Å²) in [5, 5.41) is -0.743. The van der Waals surface area contributed by atoms with Gasteiger partial charge in [0, 0.05) is 25.2 Å². The zero-order valence-corrected chi connectivity index (χ0v) is 21.7. The van der Waals surface area contributed by atoms with Crippen LogP contribution in [0.25, 0.3) is 10.9 Å². The van der Waals surface area contributed by atoms with Crippen LogP contribution in [0.5, 0.6) is 0 Å². The fourth-order valence-electron chi connectivity index (χ4n) is 5.02. The number of fused-ring (bicyclic) bond motifs is 1. The molecule has 1 aliphatic heterocycles. The average Bonchev–Trinajstić information content (AvgIpc) is 3.51. The highest BCUT2D eigenvalue weighted by Gasteiger charge is 2.45. The second-order valence-electron chi connectivity index (χ2n) is 8.90. The van der Waals surface area contributed by atoms with E-state index in [9.17, 15) is 21.6 Å². The van der Waals surface area contributed by atoms with Crippen LogP contribution in [0.2, 0.25) is 0 Å². The molecule has 1 saturated heterocycles. The molecule has 0 aliphatic carbocycles. The molecule has 0 bridgehead atoms. The number of likely N-dealkylation sites (tertiary alicyclic amines) is 1. The van der Waals surface area contributed by atoms with Crippen molar-refractivity contribution in [1.29, 1.82) is 0 Å². The van der Waals surface area contributed by atoms with Gasteiger partial charge in [0.25, 0.3) is 10.0 Å². The van der Waals surface area contributed by atoms with Gasteiger partial charge in [0.1, 0.15) is 12.0 Å². The van der Waals surface area contributed by atoms with Crippen molar-refractivity contribution in [3.05, 3.63) is 96.7 Å². The summed E-state index contributed by atoms with van der Waals surface area (Å²) in [6, 6.07) is 22.6. The molecule has 192 valence electrons. The van der Waals surface area contributed by atoms with Gasteiger partial charge in [0.2, 0.25) is 5.91 Å². The van der Waals surface area contributed by atoms with E-state index in [2.05, 4.69) is 0 Å². The first-order chi connectivity index (χ1) is 17.8. The first kappa shape index (κ1) is 25.2. The van der Waals surface area contributed by atoms with Crippen LogP contribution in [-0.2, 0) is 29.4 Å². The van der Waals surface area contributed by atoms with E-state index < -0.39 is 31.0 Å². The molecule has 1 aliphatic rings. The zero-order valence-electron chi connectivity index (χ0n) is 20.1. The minimum absolute atomic E-state index is 0.0728. The van der Waals surface area contributed by atoms with Crippen molar-refractivity contribution >= 4 is 36.7 Å². The van der Waals surface area contributed by atoms with Crippen LogP contribution in [-0.4, -0.2) is 52.0 Å². The van der Waals surface area contributed by atoms with Crippen molar-refractivity contribution in [2.24, 2.45) is 5.92 Å². The lowest BCUT2D eigenvalue weighted by molar-refractivity contribution is -0.134. The minimum Gasteiger partial charge on any atom is -0.364 e. The maximum absolute atomic E-state index is 14.1. The molecule has 1 aromatic heterocycles. The molecule has 0 N–H and O–H groups in total. The van der Waals surface area contributed by atoms with Crippen LogP contribution in [0.3, 0.4) is 0 Å². The normalized spacial score (nSPS) is 17.4. The van der Waals surface area contributed by atoms with Crippen LogP contribution < -0.4 is 0 Å². The number of carbonyl (C=O) groups is 1. The lowest BCUT2D eigenvalue weighted by Gasteiger charge is -2.25. The molecule has 0 saturated carbocycles. The maximum Gasteiger partial charge on any atom is 0.268 e. The van der Waals surface area contributed by atoms with Crippen LogP contribution in [0.15, 0.2) is 101 Å². The first-order valence-electron chi connectivity index (χ1n) is 11.7. The third-order valence-corrected chi connectivity index (χ3v) is 10.6. The number of ether oxygens (including phenoxy) is 1. The Labute approximate surface area is 216 Å². The molecule has 10 heteroatoms. The summed E-state index contributed by atoms with van der Waals surface area (Å²) >= 11 is 0. The van der Waals surface area contributed by atoms with Gasteiger partial charge >= 0.3 is 0 Å². The third kappa shape index (κ3) is 4.35. The molecule has 4 aromatic rings. The van der Waals surface area contributed by atoms with Crippen molar-refractivity contribution < 1.29 is 26.4 Å². The van der Waals surface area contributed by atoms with Gasteiger partial charge in [-0.05, 0) is 48.4 Å². The van der Waals surface area contributed by atoms with E-state index in [1.54, 1.807) is 60.7 Å². The monoisotopic (exact) mass is 538 g/mol. The Morgan fingerprint density at radius 2 is 1.51 bits per heavy atom. The molecule has 2 atom stereocenters. The highest BCUT2D eigenvalue weighted by Crippen LogP contribution is 2.43. The molecule has 37 heavy (non-hydrogen) atoms. The Bertz CT molecular complexity index is 1650. The molecule has 0 spiro atoms. The predicted molar refractivity (Wildman–Crippen MR) is 139 cm³/mol. The van der Waals surface area contributed by atoms with E-state index in [1.807, 2.05) is 0 Å². The predicted octanol–water partition coefficient (Wildman–Crippen LogP) is 3.85. The van der Waals surface area contributed by atoms with E-state index in [1.165, 1.54) is 42.5 Å². The van der Waals surface area contributed by atoms with Crippen molar-refractivity contribution in [3.63, 3.8) is 0 Å². The smallest absolute Gasteiger partial charge is 0.268 e. The number of aromatic nitrogens is 1. The van der Waals surface area contributed by atoms with Crippen molar-refractivity contribution in [2.75, 3.05) is 20.4 Å². The highest BCUT2D eigenvalue weighted by atomic mass is 32.2. The number of hydrogen-bond acceptors (Lipinski definition) is 6. The quantitative estimate of drug-likeness (QED) is 0.338.